The fourth-order valence-corrected chi connectivity index (χ4v) is 1.73. The number of carbonyl (C=O) groups is 1. The third-order valence-electron chi connectivity index (χ3n) is 2.58. The van der Waals surface area contributed by atoms with E-state index in [1.807, 2.05) is 0 Å². The molecule has 4 heteroatoms. The Morgan fingerprint density at radius 3 is 3.00 bits per heavy atom. The summed E-state index contributed by atoms with van der Waals surface area (Å²) in [4.78, 5) is 11.0. The molecular weight excluding hydrogens is 190 g/mol. The van der Waals surface area contributed by atoms with E-state index in [4.69, 9.17) is 0 Å². The summed E-state index contributed by atoms with van der Waals surface area (Å²) in [6, 6.07) is 6.18. The molecule has 1 aromatic carbocycles. The molecule has 0 atom stereocenters. The predicted molar refractivity (Wildman–Crippen MR) is 58.3 cm³/mol. The molecule has 1 heterocycles. The van der Waals surface area contributed by atoms with Crippen LogP contribution < -0.4 is 16.0 Å². The lowest BCUT2D eigenvalue weighted by molar-refractivity contribution is 0.242. The molecule has 0 fully saturated rings. The van der Waals surface area contributed by atoms with Crippen LogP contribution >= 0.6 is 0 Å². The standard InChI is InChI=1S/C11H15N3O/c1-12-11(15)14-5-8-2-3-9-6-13-7-10(9)4-8/h2-4,13H,5-7H2,1H3,(H2,12,14,15). The maximum Gasteiger partial charge on any atom is 0.314 e. The molecule has 4 nitrogen and oxygen atoms in total. The molecule has 1 aromatic rings. The minimum absolute atomic E-state index is 0.145. The van der Waals surface area contributed by atoms with Gasteiger partial charge in [0.25, 0.3) is 0 Å². The molecule has 3 N–H and O–H groups in total. The first kappa shape index (κ1) is 9.98. The maximum atomic E-state index is 11.0. The van der Waals surface area contributed by atoms with Crippen LogP contribution in [0.3, 0.4) is 0 Å². The summed E-state index contributed by atoms with van der Waals surface area (Å²) in [6.07, 6.45) is 0. The van der Waals surface area contributed by atoms with Crippen LogP contribution in [0.1, 0.15) is 16.7 Å². The van der Waals surface area contributed by atoms with Gasteiger partial charge in [-0.3, -0.25) is 0 Å². The second-order valence-electron chi connectivity index (χ2n) is 3.64. The monoisotopic (exact) mass is 205 g/mol. The largest absolute Gasteiger partial charge is 0.341 e. The van der Waals surface area contributed by atoms with Gasteiger partial charge in [-0.1, -0.05) is 18.2 Å². The number of hydrogen-bond acceptors (Lipinski definition) is 2. The van der Waals surface area contributed by atoms with Crippen molar-refractivity contribution in [2.24, 2.45) is 0 Å². The smallest absolute Gasteiger partial charge is 0.314 e. The summed E-state index contributed by atoms with van der Waals surface area (Å²) >= 11 is 0. The fourth-order valence-electron chi connectivity index (χ4n) is 1.73. The van der Waals surface area contributed by atoms with Gasteiger partial charge in [0, 0.05) is 26.7 Å². The normalized spacial score (nSPS) is 13.4. The zero-order valence-corrected chi connectivity index (χ0v) is 8.76. The second-order valence-corrected chi connectivity index (χ2v) is 3.64. The van der Waals surface area contributed by atoms with Crippen molar-refractivity contribution in [3.8, 4) is 0 Å². The topological polar surface area (TPSA) is 53.2 Å². The van der Waals surface area contributed by atoms with Crippen molar-refractivity contribution < 1.29 is 4.79 Å². The van der Waals surface area contributed by atoms with Crippen LogP contribution in [0, 0.1) is 0 Å². The molecule has 0 spiro atoms. The number of amides is 2. The minimum atomic E-state index is -0.145. The Morgan fingerprint density at radius 2 is 2.20 bits per heavy atom. The van der Waals surface area contributed by atoms with Gasteiger partial charge in [-0.25, -0.2) is 4.79 Å². The van der Waals surface area contributed by atoms with Crippen LogP contribution in [0.15, 0.2) is 18.2 Å². The summed E-state index contributed by atoms with van der Waals surface area (Å²) in [6.45, 7) is 2.47. The number of nitrogens with one attached hydrogen (secondary N) is 3. The molecule has 2 rings (SSSR count). The SMILES string of the molecule is CNC(=O)NCc1ccc2c(c1)CNC2. The highest BCUT2D eigenvalue weighted by atomic mass is 16.2. The molecule has 0 radical (unpaired) electrons. The summed E-state index contributed by atoms with van der Waals surface area (Å²) in [7, 11) is 1.61. The predicted octanol–water partition coefficient (Wildman–Crippen LogP) is 0.719. The van der Waals surface area contributed by atoms with Gasteiger partial charge in [-0.15, -0.1) is 0 Å². The van der Waals surface area contributed by atoms with E-state index in [9.17, 15) is 4.79 Å². The molecule has 15 heavy (non-hydrogen) atoms. The number of hydrogen-bond donors (Lipinski definition) is 3. The summed E-state index contributed by atoms with van der Waals surface area (Å²) in [5.41, 5.74) is 3.84. The van der Waals surface area contributed by atoms with Gasteiger partial charge < -0.3 is 16.0 Å². The van der Waals surface area contributed by atoms with Crippen LogP contribution in [-0.2, 0) is 19.6 Å². The third-order valence-corrected chi connectivity index (χ3v) is 2.58. The first-order valence-electron chi connectivity index (χ1n) is 5.06. The minimum Gasteiger partial charge on any atom is -0.341 e. The third kappa shape index (κ3) is 2.27. The first-order valence-corrected chi connectivity index (χ1v) is 5.06. The molecule has 2 amide bonds. The molecular formula is C11H15N3O. The Kier molecular flexibility index (Phi) is 2.87. The second kappa shape index (κ2) is 4.31. The highest BCUT2D eigenvalue weighted by Crippen LogP contribution is 2.16. The zero-order chi connectivity index (χ0) is 10.7. The van der Waals surface area contributed by atoms with Gasteiger partial charge in [0.15, 0.2) is 0 Å². The summed E-state index contributed by atoms with van der Waals surface area (Å²) in [5, 5.41) is 8.59. The molecule has 0 aromatic heterocycles. The zero-order valence-electron chi connectivity index (χ0n) is 8.76. The van der Waals surface area contributed by atoms with Crippen LogP contribution in [0.5, 0.6) is 0 Å². The number of carbonyl (C=O) groups excluding carboxylic acids is 1. The number of fused-ring (bicyclic) bond motifs is 1. The van der Waals surface area contributed by atoms with E-state index >= 15 is 0 Å². The fraction of sp³-hybridized carbons (Fsp3) is 0.364. The van der Waals surface area contributed by atoms with Crippen LogP contribution in [0.25, 0.3) is 0 Å². The summed E-state index contributed by atoms with van der Waals surface area (Å²) < 4.78 is 0. The highest BCUT2D eigenvalue weighted by Gasteiger charge is 2.09. The Balaban J connectivity index is 2.01. The van der Waals surface area contributed by atoms with E-state index in [2.05, 4.69) is 34.1 Å². The number of benzene rings is 1. The van der Waals surface area contributed by atoms with E-state index in [0.717, 1.165) is 18.7 Å². The Bertz CT molecular complexity index is 376. The average Bonchev–Trinajstić information content (AvgIpc) is 2.72. The molecule has 0 saturated carbocycles. The van der Waals surface area contributed by atoms with E-state index in [1.165, 1.54) is 11.1 Å². The number of urea groups is 1. The number of rotatable bonds is 2. The lowest BCUT2D eigenvalue weighted by Crippen LogP contribution is -2.32. The average molecular weight is 205 g/mol. The molecule has 0 aliphatic carbocycles. The molecule has 80 valence electrons. The lowest BCUT2D eigenvalue weighted by Gasteiger charge is -2.06. The van der Waals surface area contributed by atoms with Gasteiger partial charge in [-0.05, 0) is 16.7 Å². The van der Waals surface area contributed by atoms with Crippen LogP contribution in [0.2, 0.25) is 0 Å². The quantitative estimate of drug-likeness (QED) is 0.666. The van der Waals surface area contributed by atoms with Crippen molar-refractivity contribution in [2.75, 3.05) is 7.05 Å². The molecule has 0 unspecified atom stereocenters. The van der Waals surface area contributed by atoms with Gasteiger partial charge in [-0.2, -0.15) is 0 Å². The van der Waals surface area contributed by atoms with Crippen molar-refractivity contribution in [2.45, 2.75) is 19.6 Å². The molecule has 0 bridgehead atoms. The van der Waals surface area contributed by atoms with Gasteiger partial charge in [0.1, 0.15) is 0 Å². The van der Waals surface area contributed by atoms with Gasteiger partial charge in [0.2, 0.25) is 0 Å². The maximum absolute atomic E-state index is 11.0. The van der Waals surface area contributed by atoms with E-state index in [0.29, 0.717) is 6.54 Å². The van der Waals surface area contributed by atoms with Gasteiger partial charge in [0.05, 0.1) is 0 Å². The summed E-state index contributed by atoms with van der Waals surface area (Å²) in [5.74, 6) is 0. The van der Waals surface area contributed by atoms with Crippen molar-refractivity contribution in [1.82, 2.24) is 16.0 Å². The molecule has 0 saturated heterocycles. The van der Waals surface area contributed by atoms with E-state index in [-0.39, 0.29) is 6.03 Å². The van der Waals surface area contributed by atoms with Crippen molar-refractivity contribution >= 4 is 6.03 Å². The van der Waals surface area contributed by atoms with E-state index < -0.39 is 0 Å². The van der Waals surface area contributed by atoms with Crippen molar-refractivity contribution in [3.63, 3.8) is 0 Å². The lowest BCUT2D eigenvalue weighted by atomic mass is 10.1. The Labute approximate surface area is 89.1 Å². The molecule has 1 aliphatic heterocycles. The Hall–Kier alpha value is -1.55. The van der Waals surface area contributed by atoms with Crippen molar-refractivity contribution in [3.05, 3.63) is 34.9 Å². The highest BCUT2D eigenvalue weighted by molar-refractivity contribution is 5.73. The van der Waals surface area contributed by atoms with Crippen molar-refractivity contribution in [1.29, 1.82) is 0 Å². The van der Waals surface area contributed by atoms with Gasteiger partial charge >= 0.3 is 6.03 Å². The Morgan fingerprint density at radius 1 is 1.40 bits per heavy atom. The first-order chi connectivity index (χ1) is 7.29. The molecule has 1 aliphatic rings. The van der Waals surface area contributed by atoms with E-state index in [1.54, 1.807) is 7.05 Å². The van der Waals surface area contributed by atoms with Crippen LogP contribution in [-0.4, -0.2) is 13.1 Å². The van der Waals surface area contributed by atoms with Crippen LogP contribution in [0.4, 0.5) is 4.79 Å².